The molecule has 5 rings (SSSR count). The average Bonchev–Trinajstić information content (AvgIpc) is 2.98. The number of anilines is 1. The lowest BCUT2D eigenvalue weighted by Gasteiger charge is -2.28. The molecule has 1 unspecified atom stereocenters. The molecular weight excluding hydrogens is 601 g/mol. The van der Waals surface area contributed by atoms with Crippen LogP contribution in [0.1, 0.15) is 41.6 Å². The Morgan fingerprint density at radius 3 is 2.48 bits per heavy atom. The van der Waals surface area contributed by atoms with Crippen molar-refractivity contribution >= 4 is 46.4 Å². The third kappa shape index (κ3) is 6.30. The lowest BCUT2D eigenvalue weighted by atomic mass is 9.92. The lowest BCUT2D eigenvalue weighted by molar-refractivity contribution is 0.0901. The second kappa shape index (κ2) is 13.2. The van der Waals surface area contributed by atoms with Crippen LogP contribution in [0.4, 0.5) is 5.69 Å². The van der Waals surface area contributed by atoms with E-state index in [0.717, 1.165) is 31.2 Å². The van der Waals surface area contributed by atoms with Crippen LogP contribution >= 0.6 is 34.8 Å². The molecule has 4 N–H and O–H groups in total. The maximum Gasteiger partial charge on any atom is 0.278 e. The number of carbonyl (C=O) groups excluding carboxylic acids is 1. The fourth-order valence-corrected chi connectivity index (χ4v) is 5.89. The van der Waals surface area contributed by atoms with Gasteiger partial charge in [-0.3, -0.25) is 9.59 Å². The Balaban J connectivity index is 1.42. The molecule has 0 spiro atoms. The molecule has 2 aromatic carbocycles. The van der Waals surface area contributed by atoms with E-state index in [9.17, 15) is 14.7 Å². The van der Waals surface area contributed by atoms with E-state index < -0.39 is 11.5 Å². The molecule has 1 fully saturated rings. The number of ether oxygens (including phenoxy) is 1. The molecule has 0 aliphatic heterocycles. The zero-order valence-corrected chi connectivity index (χ0v) is 24.9. The predicted octanol–water partition coefficient (Wildman–Crippen LogP) is 6.11. The van der Waals surface area contributed by atoms with Crippen molar-refractivity contribution in [3.8, 4) is 28.3 Å². The van der Waals surface area contributed by atoms with Crippen LogP contribution in [-0.4, -0.2) is 45.5 Å². The summed E-state index contributed by atoms with van der Waals surface area (Å²) in [5.74, 6) is -0.273. The number of nitrogens with zero attached hydrogens (tertiary/aromatic N) is 2. The Morgan fingerprint density at radius 2 is 1.74 bits per heavy atom. The van der Waals surface area contributed by atoms with Gasteiger partial charge in [0.2, 0.25) is 5.88 Å². The molecule has 42 heavy (non-hydrogen) atoms. The van der Waals surface area contributed by atoms with Gasteiger partial charge in [-0.2, -0.15) is 5.10 Å². The number of aromatic nitrogens is 3. The summed E-state index contributed by atoms with van der Waals surface area (Å²) in [6, 6.07) is 14.4. The summed E-state index contributed by atoms with van der Waals surface area (Å²) < 4.78 is 5.60. The van der Waals surface area contributed by atoms with E-state index in [0.29, 0.717) is 39.8 Å². The molecular formula is C30H28Cl3N5O4. The van der Waals surface area contributed by atoms with Gasteiger partial charge < -0.3 is 20.5 Å². The van der Waals surface area contributed by atoms with Crippen LogP contribution in [0, 0.1) is 0 Å². The standard InChI is InChI=1S/C30H28Cl3N5O4/c1-42-30-16(14-34-22-9-2-3-11-24(22)39)12-13-21(37-30)19-8-4-6-17(26(19)32)18-7-5-10-23(27(18)33)36-28(40)25-20(31)15-35-38-29(25)41/h4-8,10,12-13,15,22,24,34,39H,2-3,9,11,14H2,1H3,(H,36,40)(H,38,41)/t22?,24-/m0/s1. The minimum absolute atomic E-state index is 0.0435. The molecule has 1 aliphatic rings. The summed E-state index contributed by atoms with van der Waals surface area (Å²) in [5.41, 5.74) is 2.59. The molecule has 218 valence electrons. The Hall–Kier alpha value is -3.47. The molecule has 4 aromatic rings. The highest BCUT2D eigenvalue weighted by Gasteiger charge is 2.23. The number of pyridine rings is 1. The van der Waals surface area contributed by atoms with Gasteiger partial charge in [0.05, 0.1) is 45.9 Å². The van der Waals surface area contributed by atoms with Gasteiger partial charge >= 0.3 is 0 Å². The van der Waals surface area contributed by atoms with Gasteiger partial charge in [-0.25, -0.2) is 10.1 Å². The van der Waals surface area contributed by atoms with Gasteiger partial charge in [0.15, 0.2) is 0 Å². The number of rotatable bonds is 8. The Labute approximate surface area is 257 Å². The maximum absolute atomic E-state index is 12.8. The third-order valence-electron chi connectivity index (χ3n) is 7.27. The Kier molecular flexibility index (Phi) is 9.45. The van der Waals surface area contributed by atoms with Crippen molar-refractivity contribution in [1.82, 2.24) is 20.5 Å². The van der Waals surface area contributed by atoms with Crippen molar-refractivity contribution < 1.29 is 14.6 Å². The zero-order chi connectivity index (χ0) is 29.8. The van der Waals surface area contributed by atoms with E-state index in [2.05, 4.69) is 20.8 Å². The molecule has 2 heterocycles. The SMILES string of the molecule is COc1nc(-c2cccc(-c3cccc(NC(=O)c4c(Cl)cn[nH]c4=O)c3Cl)c2Cl)ccc1CNC1CCCC[C@@H]1O. The van der Waals surface area contributed by atoms with Crippen LogP contribution in [0.25, 0.3) is 22.4 Å². The van der Waals surface area contributed by atoms with Crippen molar-refractivity contribution in [2.24, 2.45) is 0 Å². The first kappa shape index (κ1) is 30.0. The molecule has 0 saturated heterocycles. The highest BCUT2D eigenvalue weighted by atomic mass is 35.5. The zero-order valence-electron chi connectivity index (χ0n) is 22.6. The summed E-state index contributed by atoms with van der Waals surface area (Å²) in [4.78, 5) is 29.7. The second-order valence-corrected chi connectivity index (χ2v) is 11.1. The van der Waals surface area contributed by atoms with Gasteiger partial charge in [-0.1, -0.05) is 84.0 Å². The van der Waals surface area contributed by atoms with E-state index in [1.54, 1.807) is 25.3 Å². The van der Waals surface area contributed by atoms with Crippen molar-refractivity contribution in [1.29, 1.82) is 0 Å². The molecule has 0 radical (unpaired) electrons. The Bertz CT molecular complexity index is 1680. The molecule has 1 aliphatic carbocycles. The van der Waals surface area contributed by atoms with E-state index in [-0.39, 0.29) is 33.4 Å². The fraction of sp³-hybridized carbons (Fsp3) is 0.267. The monoisotopic (exact) mass is 627 g/mol. The second-order valence-electron chi connectivity index (χ2n) is 9.91. The van der Waals surface area contributed by atoms with Crippen LogP contribution in [0.3, 0.4) is 0 Å². The van der Waals surface area contributed by atoms with Gasteiger partial charge in [0, 0.05) is 34.8 Å². The number of methoxy groups -OCH3 is 1. The number of nitrogens with one attached hydrogen (secondary N) is 3. The number of halogens is 3. The van der Waals surface area contributed by atoms with Crippen molar-refractivity contribution in [2.45, 2.75) is 44.4 Å². The van der Waals surface area contributed by atoms with Crippen LogP contribution in [0.5, 0.6) is 5.88 Å². The Morgan fingerprint density at radius 1 is 1.02 bits per heavy atom. The van der Waals surface area contributed by atoms with Gasteiger partial charge in [-0.05, 0) is 25.0 Å². The molecule has 9 nitrogen and oxygen atoms in total. The predicted molar refractivity (Wildman–Crippen MR) is 165 cm³/mol. The van der Waals surface area contributed by atoms with Crippen LogP contribution < -0.4 is 20.9 Å². The van der Waals surface area contributed by atoms with Gasteiger partial charge in [0.25, 0.3) is 11.5 Å². The fourth-order valence-electron chi connectivity index (χ4n) is 5.07. The minimum atomic E-state index is -0.730. The van der Waals surface area contributed by atoms with E-state index in [1.807, 2.05) is 30.3 Å². The first-order valence-corrected chi connectivity index (χ1v) is 14.5. The number of amides is 1. The van der Waals surface area contributed by atoms with Crippen molar-refractivity contribution in [3.63, 3.8) is 0 Å². The van der Waals surface area contributed by atoms with Crippen LogP contribution in [0.2, 0.25) is 15.1 Å². The normalized spacial score (nSPS) is 16.7. The van der Waals surface area contributed by atoms with Gasteiger partial charge in [-0.15, -0.1) is 0 Å². The van der Waals surface area contributed by atoms with E-state index >= 15 is 0 Å². The first-order chi connectivity index (χ1) is 20.3. The van der Waals surface area contributed by atoms with Crippen molar-refractivity contribution in [2.75, 3.05) is 12.4 Å². The maximum atomic E-state index is 12.8. The number of aromatic amines is 1. The topological polar surface area (TPSA) is 129 Å². The number of benzene rings is 2. The summed E-state index contributed by atoms with van der Waals surface area (Å²) in [6.45, 7) is 0.511. The minimum Gasteiger partial charge on any atom is -0.481 e. The number of hydrogen-bond donors (Lipinski definition) is 4. The summed E-state index contributed by atoms with van der Waals surface area (Å²) in [7, 11) is 1.57. The third-order valence-corrected chi connectivity index (χ3v) is 8.37. The summed E-state index contributed by atoms with van der Waals surface area (Å²) in [5, 5.41) is 22.7. The highest BCUT2D eigenvalue weighted by Crippen LogP contribution is 2.41. The molecule has 12 heteroatoms. The smallest absolute Gasteiger partial charge is 0.278 e. The molecule has 1 amide bonds. The quantitative estimate of drug-likeness (QED) is 0.185. The average molecular weight is 629 g/mol. The highest BCUT2D eigenvalue weighted by molar-refractivity contribution is 6.40. The lowest BCUT2D eigenvalue weighted by Crippen LogP contribution is -2.41. The van der Waals surface area contributed by atoms with E-state index in [1.165, 1.54) is 6.20 Å². The summed E-state index contributed by atoms with van der Waals surface area (Å²) in [6.07, 6.45) is 4.70. The van der Waals surface area contributed by atoms with Gasteiger partial charge in [0.1, 0.15) is 5.56 Å². The molecule has 1 saturated carbocycles. The number of carbonyl (C=O) groups is 1. The molecule has 2 aromatic heterocycles. The number of H-pyrrole nitrogens is 1. The number of aliphatic hydroxyl groups excluding tert-OH is 1. The summed E-state index contributed by atoms with van der Waals surface area (Å²) >= 11 is 19.7. The first-order valence-electron chi connectivity index (χ1n) is 13.4. The number of hydrogen-bond acceptors (Lipinski definition) is 7. The largest absolute Gasteiger partial charge is 0.481 e. The van der Waals surface area contributed by atoms with Crippen molar-refractivity contribution in [3.05, 3.63) is 91.3 Å². The molecule has 2 atom stereocenters. The molecule has 0 bridgehead atoms. The van der Waals surface area contributed by atoms with E-state index in [4.69, 9.17) is 44.5 Å². The number of aliphatic hydroxyl groups is 1. The van der Waals surface area contributed by atoms with Crippen LogP contribution in [0.15, 0.2) is 59.5 Å². The van der Waals surface area contributed by atoms with Crippen LogP contribution in [-0.2, 0) is 6.54 Å².